The van der Waals surface area contributed by atoms with Crippen molar-refractivity contribution >= 4 is 11.8 Å². The Balaban J connectivity index is 1.89. The summed E-state index contributed by atoms with van der Waals surface area (Å²) in [6.45, 7) is 5.04. The second-order valence-electron chi connectivity index (χ2n) is 7.70. The minimum absolute atomic E-state index is 0.162. The van der Waals surface area contributed by atoms with E-state index in [2.05, 4.69) is 0 Å². The summed E-state index contributed by atoms with van der Waals surface area (Å²) in [6.07, 6.45) is -1.30. The standard InChI is InChI=1S/C17H22O7/c1-8-4-11-16(6-22-9(2)18,13(21)12(8)20)15(3)5-10(19)14(24-11)17(15)7-23-17/h4,10-11,13-14,19,21H,5-7H2,1-3H3. The summed E-state index contributed by atoms with van der Waals surface area (Å²) in [6, 6.07) is 0. The zero-order chi connectivity index (χ0) is 17.5. The van der Waals surface area contributed by atoms with Crippen LogP contribution in [0.25, 0.3) is 0 Å². The van der Waals surface area contributed by atoms with Crippen molar-refractivity contribution in [3.8, 4) is 0 Å². The first-order valence-corrected chi connectivity index (χ1v) is 8.21. The molecule has 132 valence electrons. The van der Waals surface area contributed by atoms with E-state index in [4.69, 9.17) is 14.2 Å². The first-order valence-electron chi connectivity index (χ1n) is 8.21. The van der Waals surface area contributed by atoms with Crippen molar-refractivity contribution in [1.29, 1.82) is 0 Å². The molecule has 7 nitrogen and oxygen atoms in total. The number of esters is 1. The Morgan fingerprint density at radius 3 is 2.71 bits per heavy atom. The van der Waals surface area contributed by atoms with Crippen molar-refractivity contribution in [2.24, 2.45) is 10.8 Å². The molecule has 2 heterocycles. The van der Waals surface area contributed by atoms with Gasteiger partial charge in [0, 0.05) is 12.3 Å². The number of aliphatic hydroxyl groups is 2. The fourth-order valence-electron chi connectivity index (χ4n) is 5.21. The summed E-state index contributed by atoms with van der Waals surface area (Å²) in [5.74, 6) is -0.900. The average molecular weight is 338 g/mol. The molecule has 0 aromatic carbocycles. The number of rotatable bonds is 2. The summed E-state index contributed by atoms with van der Waals surface area (Å²) in [5, 5.41) is 21.4. The van der Waals surface area contributed by atoms with Crippen molar-refractivity contribution in [3.63, 3.8) is 0 Å². The van der Waals surface area contributed by atoms with E-state index in [1.54, 1.807) is 13.0 Å². The number of Topliss-reactive ketones (excluding diaryl/α,β-unsaturated/α-hetero) is 1. The molecule has 1 saturated carbocycles. The van der Waals surface area contributed by atoms with Gasteiger partial charge in [0.25, 0.3) is 0 Å². The van der Waals surface area contributed by atoms with Gasteiger partial charge in [-0.05, 0) is 25.0 Å². The van der Waals surface area contributed by atoms with E-state index in [1.807, 2.05) is 6.92 Å². The van der Waals surface area contributed by atoms with Crippen LogP contribution >= 0.6 is 0 Å². The number of hydrogen-bond acceptors (Lipinski definition) is 7. The molecule has 4 aliphatic rings. The highest BCUT2D eigenvalue weighted by molar-refractivity contribution is 6.00. The van der Waals surface area contributed by atoms with Gasteiger partial charge in [-0.15, -0.1) is 0 Å². The minimum atomic E-state index is -1.39. The van der Waals surface area contributed by atoms with Gasteiger partial charge in [0.15, 0.2) is 5.78 Å². The van der Waals surface area contributed by atoms with Gasteiger partial charge >= 0.3 is 5.97 Å². The van der Waals surface area contributed by atoms with Gasteiger partial charge in [-0.25, -0.2) is 0 Å². The van der Waals surface area contributed by atoms with Crippen LogP contribution in [0.1, 0.15) is 27.2 Å². The van der Waals surface area contributed by atoms with Crippen LogP contribution in [0.5, 0.6) is 0 Å². The van der Waals surface area contributed by atoms with Gasteiger partial charge in [0.1, 0.15) is 24.4 Å². The van der Waals surface area contributed by atoms with E-state index in [-0.39, 0.29) is 6.61 Å². The summed E-state index contributed by atoms with van der Waals surface area (Å²) >= 11 is 0. The number of ether oxygens (including phenoxy) is 3. The van der Waals surface area contributed by atoms with Gasteiger partial charge in [0.05, 0.1) is 24.2 Å². The Morgan fingerprint density at radius 2 is 2.12 bits per heavy atom. The maximum atomic E-state index is 12.5. The van der Waals surface area contributed by atoms with E-state index in [9.17, 15) is 19.8 Å². The van der Waals surface area contributed by atoms with E-state index in [0.29, 0.717) is 18.6 Å². The molecule has 3 fully saturated rings. The Bertz CT molecular complexity index is 651. The normalized spacial score (nSPS) is 52.0. The van der Waals surface area contributed by atoms with Gasteiger partial charge < -0.3 is 24.4 Å². The maximum absolute atomic E-state index is 12.5. The zero-order valence-electron chi connectivity index (χ0n) is 13.9. The molecule has 24 heavy (non-hydrogen) atoms. The molecule has 4 rings (SSSR count). The predicted octanol–water partition coefficient (Wildman–Crippen LogP) is -0.267. The van der Waals surface area contributed by atoms with Crippen molar-refractivity contribution in [2.45, 2.75) is 57.2 Å². The second kappa shape index (κ2) is 4.66. The fraction of sp³-hybridized carbons (Fsp3) is 0.765. The lowest BCUT2D eigenvalue weighted by atomic mass is 9.50. The van der Waals surface area contributed by atoms with Gasteiger partial charge in [-0.2, -0.15) is 0 Å². The second-order valence-corrected chi connectivity index (χ2v) is 7.70. The van der Waals surface area contributed by atoms with Gasteiger partial charge in [-0.1, -0.05) is 6.92 Å². The van der Waals surface area contributed by atoms with Crippen LogP contribution in [0.3, 0.4) is 0 Å². The molecule has 0 amide bonds. The Hall–Kier alpha value is -1.28. The van der Waals surface area contributed by atoms with Crippen LogP contribution in [0.2, 0.25) is 0 Å². The summed E-state index contributed by atoms with van der Waals surface area (Å²) in [7, 11) is 0. The van der Waals surface area contributed by atoms with Crippen LogP contribution in [0.4, 0.5) is 0 Å². The van der Waals surface area contributed by atoms with Crippen LogP contribution < -0.4 is 0 Å². The molecule has 0 aromatic heterocycles. The molecule has 7 atom stereocenters. The van der Waals surface area contributed by atoms with Crippen LogP contribution in [-0.4, -0.2) is 65.2 Å². The largest absolute Gasteiger partial charge is 0.465 e. The lowest BCUT2D eigenvalue weighted by Gasteiger charge is -2.58. The number of epoxide rings is 1. The monoisotopic (exact) mass is 338 g/mol. The molecule has 1 spiro atoms. The number of hydrogen-bond donors (Lipinski definition) is 2. The first kappa shape index (κ1) is 16.2. The SMILES string of the molecule is CC(=O)OCC12C(C=C(C)C(=O)C1O)OC1C(O)CC2(C)C12CO2. The van der Waals surface area contributed by atoms with Crippen LogP contribution in [0, 0.1) is 10.8 Å². The van der Waals surface area contributed by atoms with Crippen molar-refractivity contribution in [1.82, 2.24) is 0 Å². The number of carbonyl (C=O) groups excluding carboxylic acids is 2. The van der Waals surface area contributed by atoms with Crippen LogP contribution in [0.15, 0.2) is 11.6 Å². The Labute approximate surface area is 139 Å². The molecular formula is C17H22O7. The third-order valence-electron chi connectivity index (χ3n) is 6.68. The van der Waals surface area contributed by atoms with Crippen molar-refractivity contribution in [3.05, 3.63) is 11.6 Å². The lowest BCUT2D eigenvalue weighted by Crippen LogP contribution is -2.70. The van der Waals surface area contributed by atoms with Crippen LogP contribution in [-0.2, 0) is 23.8 Å². The molecule has 0 aromatic rings. The Kier molecular flexibility index (Phi) is 3.15. The third kappa shape index (κ3) is 1.61. The summed E-state index contributed by atoms with van der Waals surface area (Å²) in [5.41, 5.74) is -2.27. The topological polar surface area (TPSA) is 106 Å². The van der Waals surface area contributed by atoms with Gasteiger partial charge in [-0.3, -0.25) is 9.59 Å². The highest BCUT2D eigenvalue weighted by Crippen LogP contribution is 2.71. The predicted molar refractivity (Wildman–Crippen MR) is 79.9 cm³/mol. The molecule has 2 aliphatic carbocycles. The molecular weight excluding hydrogens is 316 g/mol. The van der Waals surface area contributed by atoms with E-state index >= 15 is 0 Å². The minimum Gasteiger partial charge on any atom is -0.465 e. The number of ketones is 1. The molecule has 2 bridgehead atoms. The average Bonchev–Trinajstić information content (AvgIpc) is 3.27. The molecule has 2 aliphatic heterocycles. The highest BCUT2D eigenvalue weighted by atomic mass is 16.6. The maximum Gasteiger partial charge on any atom is 0.302 e. The van der Waals surface area contributed by atoms with E-state index < -0.39 is 52.6 Å². The lowest BCUT2D eigenvalue weighted by molar-refractivity contribution is -0.247. The molecule has 2 saturated heterocycles. The molecule has 7 heteroatoms. The number of carbonyl (C=O) groups is 2. The van der Waals surface area contributed by atoms with Crippen molar-refractivity contribution in [2.75, 3.05) is 13.2 Å². The quantitative estimate of drug-likeness (QED) is 0.527. The summed E-state index contributed by atoms with van der Waals surface area (Å²) in [4.78, 5) is 24.0. The molecule has 0 radical (unpaired) electrons. The highest BCUT2D eigenvalue weighted by Gasteiger charge is 2.83. The van der Waals surface area contributed by atoms with E-state index in [1.165, 1.54) is 6.92 Å². The Morgan fingerprint density at radius 1 is 1.46 bits per heavy atom. The smallest absolute Gasteiger partial charge is 0.302 e. The molecule has 2 N–H and O–H groups in total. The third-order valence-corrected chi connectivity index (χ3v) is 6.68. The van der Waals surface area contributed by atoms with Gasteiger partial charge in [0.2, 0.25) is 0 Å². The molecule has 7 unspecified atom stereocenters. The first-order chi connectivity index (χ1) is 11.2. The zero-order valence-corrected chi connectivity index (χ0v) is 13.9. The van der Waals surface area contributed by atoms with Crippen molar-refractivity contribution < 1.29 is 34.0 Å². The number of aliphatic hydroxyl groups excluding tert-OH is 2. The number of fused-ring (bicyclic) bond motifs is 2. The van der Waals surface area contributed by atoms with E-state index in [0.717, 1.165) is 0 Å². The fourth-order valence-corrected chi connectivity index (χ4v) is 5.21. The summed E-state index contributed by atoms with van der Waals surface area (Å²) < 4.78 is 17.1.